The third-order valence-corrected chi connectivity index (χ3v) is 3.62. The largest absolute Gasteiger partial charge is 0.480 e. The Morgan fingerprint density at radius 2 is 2.12 bits per heavy atom. The van der Waals surface area contributed by atoms with Crippen LogP contribution in [0.3, 0.4) is 0 Å². The highest BCUT2D eigenvalue weighted by Crippen LogP contribution is 2.39. The van der Waals surface area contributed by atoms with Crippen molar-refractivity contribution in [1.29, 1.82) is 0 Å². The second kappa shape index (κ2) is 5.49. The van der Waals surface area contributed by atoms with Crippen molar-refractivity contribution in [2.45, 2.75) is 45.1 Å². The van der Waals surface area contributed by atoms with Crippen LogP contribution in [0, 0.1) is 11.8 Å². The van der Waals surface area contributed by atoms with E-state index in [1.807, 2.05) is 6.92 Å². The molecule has 0 aromatic rings. The van der Waals surface area contributed by atoms with E-state index >= 15 is 0 Å². The fourth-order valence-electron chi connectivity index (χ4n) is 1.99. The highest BCUT2D eigenvalue weighted by Gasteiger charge is 2.48. The van der Waals surface area contributed by atoms with E-state index in [1.165, 1.54) is 0 Å². The lowest BCUT2D eigenvalue weighted by atomic mass is 9.94. The fourth-order valence-corrected chi connectivity index (χ4v) is 1.99. The van der Waals surface area contributed by atoms with Crippen LogP contribution in [-0.2, 0) is 9.59 Å². The first-order valence-electron chi connectivity index (χ1n) is 6.18. The molecule has 0 aromatic heterocycles. The summed E-state index contributed by atoms with van der Waals surface area (Å²) in [6.07, 6.45) is 2.88. The zero-order valence-electron chi connectivity index (χ0n) is 10.5. The minimum absolute atomic E-state index is 0.0712. The monoisotopic (exact) mass is 242 g/mol. The molecule has 0 saturated heterocycles. The van der Waals surface area contributed by atoms with Crippen LogP contribution < -0.4 is 11.1 Å². The predicted molar refractivity (Wildman–Crippen MR) is 64.4 cm³/mol. The van der Waals surface area contributed by atoms with Gasteiger partial charge < -0.3 is 16.2 Å². The van der Waals surface area contributed by atoms with Crippen LogP contribution >= 0.6 is 0 Å². The van der Waals surface area contributed by atoms with Gasteiger partial charge in [0.1, 0.15) is 5.54 Å². The van der Waals surface area contributed by atoms with Crippen molar-refractivity contribution >= 4 is 11.9 Å². The first-order chi connectivity index (χ1) is 7.93. The van der Waals surface area contributed by atoms with Gasteiger partial charge in [-0.1, -0.05) is 13.3 Å². The Balaban J connectivity index is 2.56. The van der Waals surface area contributed by atoms with Crippen LogP contribution in [-0.4, -0.2) is 29.1 Å². The zero-order valence-corrected chi connectivity index (χ0v) is 10.5. The van der Waals surface area contributed by atoms with Crippen molar-refractivity contribution < 1.29 is 14.7 Å². The Morgan fingerprint density at radius 3 is 2.47 bits per heavy atom. The molecule has 0 aliphatic heterocycles. The van der Waals surface area contributed by atoms with E-state index in [0.29, 0.717) is 13.0 Å². The SMILES string of the molecule is CCC(CN)CC(=O)NC(C)(C(=O)O)C1CC1. The number of nitrogens with two attached hydrogens (primary N) is 1. The maximum atomic E-state index is 11.8. The number of hydrogen-bond donors (Lipinski definition) is 3. The summed E-state index contributed by atoms with van der Waals surface area (Å²) in [5.41, 5.74) is 4.42. The lowest BCUT2D eigenvalue weighted by Crippen LogP contribution is -2.54. The molecule has 1 aliphatic carbocycles. The van der Waals surface area contributed by atoms with Crippen LogP contribution in [0.1, 0.15) is 39.5 Å². The summed E-state index contributed by atoms with van der Waals surface area (Å²) in [4.78, 5) is 23.0. The summed E-state index contributed by atoms with van der Waals surface area (Å²) in [6, 6.07) is 0. The third kappa shape index (κ3) is 3.43. The van der Waals surface area contributed by atoms with Crippen molar-refractivity contribution in [3.8, 4) is 0 Å². The van der Waals surface area contributed by atoms with Gasteiger partial charge in [-0.05, 0) is 38.1 Å². The van der Waals surface area contributed by atoms with E-state index in [9.17, 15) is 14.7 Å². The van der Waals surface area contributed by atoms with Gasteiger partial charge in [-0.25, -0.2) is 4.79 Å². The third-order valence-electron chi connectivity index (χ3n) is 3.62. The van der Waals surface area contributed by atoms with Crippen molar-refractivity contribution in [1.82, 2.24) is 5.32 Å². The number of carboxylic acid groups (broad SMARTS) is 1. The standard InChI is InChI=1S/C12H22N2O3/c1-3-8(7-13)6-10(15)14-12(2,11(16)17)9-4-5-9/h8-9H,3-7,13H2,1-2H3,(H,14,15)(H,16,17). The van der Waals surface area contributed by atoms with Gasteiger partial charge in [-0.3, -0.25) is 4.79 Å². The molecule has 0 aromatic carbocycles. The fraction of sp³-hybridized carbons (Fsp3) is 0.833. The number of amides is 1. The number of carbonyl (C=O) groups is 2. The van der Waals surface area contributed by atoms with Gasteiger partial charge in [0, 0.05) is 6.42 Å². The molecule has 2 unspecified atom stereocenters. The first kappa shape index (κ1) is 14.0. The van der Waals surface area contributed by atoms with E-state index in [0.717, 1.165) is 19.3 Å². The summed E-state index contributed by atoms with van der Waals surface area (Å²) < 4.78 is 0. The maximum Gasteiger partial charge on any atom is 0.329 e. The molecule has 1 rings (SSSR count). The Bertz CT molecular complexity index is 298. The molecule has 5 heteroatoms. The number of hydrogen-bond acceptors (Lipinski definition) is 3. The Morgan fingerprint density at radius 1 is 1.53 bits per heavy atom. The number of carboxylic acids is 1. The van der Waals surface area contributed by atoms with Crippen LogP contribution in [0.2, 0.25) is 0 Å². The van der Waals surface area contributed by atoms with Crippen LogP contribution in [0.15, 0.2) is 0 Å². The number of rotatable bonds is 7. The van der Waals surface area contributed by atoms with Crippen molar-refractivity contribution in [2.75, 3.05) is 6.54 Å². The summed E-state index contributed by atoms with van der Waals surface area (Å²) in [7, 11) is 0. The molecule has 0 spiro atoms. The molecule has 98 valence electrons. The Hall–Kier alpha value is -1.10. The number of nitrogens with one attached hydrogen (secondary N) is 1. The van der Waals surface area contributed by atoms with E-state index in [1.54, 1.807) is 6.92 Å². The van der Waals surface area contributed by atoms with E-state index < -0.39 is 11.5 Å². The summed E-state index contributed by atoms with van der Waals surface area (Å²) >= 11 is 0. The smallest absolute Gasteiger partial charge is 0.329 e. The summed E-state index contributed by atoms with van der Waals surface area (Å²) in [6.45, 7) is 4.02. The molecular weight excluding hydrogens is 220 g/mol. The molecule has 17 heavy (non-hydrogen) atoms. The topological polar surface area (TPSA) is 92.4 Å². The van der Waals surface area contributed by atoms with Crippen molar-refractivity contribution in [3.05, 3.63) is 0 Å². The Kier molecular flexibility index (Phi) is 4.51. The molecule has 0 bridgehead atoms. The minimum atomic E-state index is -1.11. The Labute approximate surface area is 102 Å². The van der Waals surface area contributed by atoms with Gasteiger partial charge in [-0.15, -0.1) is 0 Å². The van der Waals surface area contributed by atoms with Gasteiger partial charge in [0.15, 0.2) is 0 Å². The molecule has 2 atom stereocenters. The molecule has 1 amide bonds. The quantitative estimate of drug-likeness (QED) is 0.613. The maximum absolute atomic E-state index is 11.8. The minimum Gasteiger partial charge on any atom is -0.480 e. The molecule has 1 fully saturated rings. The zero-order chi connectivity index (χ0) is 13.1. The normalized spacial score (nSPS) is 20.4. The lowest BCUT2D eigenvalue weighted by Gasteiger charge is -2.27. The second-order valence-electron chi connectivity index (χ2n) is 5.04. The van der Waals surface area contributed by atoms with E-state index in [2.05, 4.69) is 5.32 Å². The van der Waals surface area contributed by atoms with E-state index in [-0.39, 0.29) is 17.7 Å². The number of carbonyl (C=O) groups excluding carboxylic acids is 1. The lowest BCUT2D eigenvalue weighted by molar-refractivity contribution is -0.148. The predicted octanol–water partition coefficient (Wildman–Crippen LogP) is 0.731. The average Bonchev–Trinajstić information content (AvgIpc) is 3.09. The summed E-state index contributed by atoms with van der Waals surface area (Å²) in [5, 5.41) is 11.9. The highest BCUT2D eigenvalue weighted by molar-refractivity contribution is 5.87. The van der Waals surface area contributed by atoms with Gasteiger partial charge in [0.05, 0.1) is 0 Å². The number of aliphatic carboxylic acids is 1. The average molecular weight is 242 g/mol. The van der Waals surface area contributed by atoms with E-state index in [4.69, 9.17) is 5.73 Å². The van der Waals surface area contributed by atoms with Crippen LogP contribution in [0.4, 0.5) is 0 Å². The van der Waals surface area contributed by atoms with Gasteiger partial charge in [0.25, 0.3) is 0 Å². The first-order valence-corrected chi connectivity index (χ1v) is 6.18. The summed E-state index contributed by atoms with van der Waals surface area (Å²) in [5.74, 6) is -0.956. The van der Waals surface area contributed by atoms with Crippen LogP contribution in [0.5, 0.6) is 0 Å². The highest BCUT2D eigenvalue weighted by atomic mass is 16.4. The van der Waals surface area contributed by atoms with Gasteiger partial charge >= 0.3 is 5.97 Å². The molecule has 5 nitrogen and oxygen atoms in total. The van der Waals surface area contributed by atoms with Crippen molar-refractivity contribution in [3.63, 3.8) is 0 Å². The molecular formula is C12H22N2O3. The molecule has 4 N–H and O–H groups in total. The van der Waals surface area contributed by atoms with Crippen molar-refractivity contribution in [2.24, 2.45) is 17.6 Å². The second-order valence-corrected chi connectivity index (χ2v) is 5.04. The van der Waals surface area contributed by atoms with Crippen LogP contribution in [0.25, 0.3) is 0 Å². The van der Waals surface area contributed by atoms with Gasteiger partial charge in [0.2, 0.25) is 5.91 Å². The van der Waals surface area contributed by atoms with Gasteiger partial charge in [-0.2, -0.15) is 0 Å². The molecule has 1 aliphatic rings. The molecule has 1 saturated carbocycles. The molecule has 0 radical (unpaired) electrons. The molecule has 0 heterocycles.